The van der Waals surface area contributed by atoms with Crippen LogP contribution in [0.5, 0.6) is 5.75 Å². The van der Waals surface area contributed by atoms with Gasteiger partial charge in [-0.25, -0.2) is 0 Å². The number of hydrogen-bond donors (Lipinski definition) is 2. The lowest BCUT2D eigenvalue weighted by Gasteiger charge is -2.06. The molecule has 1 amide bonds. The van der Waals surface area contributed by atoms with Crippen molar-refractivity contribution in [1.29, 1.82) is 0 Å². The second-order valence-electron chi connectivity index (χ2n) is 3.61. The van der Waals surface area contributed by atoms with E-state index in [1.165, 1.54) is 18.2 Å². The number of benzene rings is 1. The molecule has 5 heteroatoms. The first-order chi connectivity index (χ1) is 8.65. The predicted molar refractivity (Wildman–Crippen MR) is 71.1 cm³/mol. The minimum atomic E-state index is -0.246. The molecule has 0 aromatic heterocycles. The molecule has 1 aromatic carbocycles. The molecule has 0 radical (unpaired) electrons. The second kappa shape index (κ2) is 7.74. The monoisotopic (exact) mass is 269 g/mol. The summed E-state index contributed by atoms with van der Waals surface area (Å²) < 4.78 is 5.25. The van der Waals surface area contributed by atoms with Crippen LogP contribution in [0.2, 0.25) is 5.02 Å². The Kier molecular flexibility index (Phi) is 6.25. The molecule has 0 aliphatic carbocycles. The van der Waals surface area contributed by atoms with Crippen molar-refractivity contribution in [2.45, 2.75) is 6.42 Å². The standard InChI is InChI=1S/C13H16ClNO3/c1-2-3-7-18-8-6-15-13(17)10-4-5-12(16)11(14)9-10/h2,4-5,9,16H,1,3,6-8H2,(H,15,17). The van der Waals surface area contributed by atoms with Crippen molar-refractivity contribution in [2.75, 3.05) is 19.8 Å². The number of phenolic OH excluding ortho intramolecular Hbond substituents is 1. The second-order valence-corrected chi connectivity index (χ2v) is 4.02. The molecule has 18 heavy (non-hydrogen) atoms. The number of halogens is 1. The van der Waals surface area contributed by atoms with Gasteiger partial charge in [0.25, 0.3) is 5.91 Å². The molecule has 1 rings (SSSR count). The molecule has 0 atom stereocenters. The number of hydrogen-bond acceptors (Lipinski definition) is 3. The van der Waals surface area contributed by atoms with Crippen LogP contribution in [0.4, 0.5) is 0 Å². The summed E-state index contributed by atoms with van der Waals surface area (Å²) in [6, 6.07) is 4.32. The van der Waals surface area contributed by atoms with E-state index in [0.717, 1.165) is 6.42 Å². The number of amides is 1. The molecule has 2 N–H and O–H groups in total. The highest BCUT2D eigenvalue weighted by Crippen LogP contribution is 2.23. The van der Waals surface area contributed by atoms with E-state index in [1.54, 1.807) is 6.08 Å². The van der Waals surface area contributed by atoms with Crippen LogP contribution < -0.4 is 5.32 Å². The van der Waals surface area contributed by atoms with Gasteiger partial charge in [-0.05, 0) is 24.6 Å². The minimum Gasteiger partial charge on any atom is -0.506 e. The topological polar surface area (TPSA) is 58.6 Å². The third kappa shape index (κ3) is 4.77. The number of rotatable bonds is 7. The average molecular weight is 270 g/mol. The van der Waals surface area contributed by atoms with Crippen LogP contribution in [0.25, 0.3) is 0 Å². The molecule has 0 bridgehead atoms. The van der Waals surface area contributed by atoms with E-state index in [-0.39, 0.29) is 16.7 Å². The summed E-state index contributed by atoms with van der Waals surface area (Å²) in [5.41, 5.74) is 0.406. The van der Waals surface area contributed by atoms with Crippen LogP contribution in [0.15, 0.2) is 30.9 Å². The predicted octanol–water partition coefficient (Wildman–Crippen LogP) is 2.37. The Morgan fingerprint density at radius 3 is 2.94 bits per heavy atom. The van der Waals surface area contributed by atoms with Crippen LogP contribution in [-0.4, -0.2) is 30.8 Å². The van der Waals surface area contributed by atoms with Gasteiger partial charge in [0.2, 0.25) is 0 Å². The molecule has 0 fully saturated rings. The molecular formula is C13H16ClNO3. The van der Waals surface area contributed by atoms with E-state index in [4.69, 9.17) is 16.3 Å². The van der Waals surface area contributed by atoms with Crippen LogP contribution in [0, 0.1) is 0 Å². The molecule has 0 unspecified atom stereocenters. The highest BCUT2D eigenvalue weighted by molar-refractivity contribution is 6.32. The molecule has 1 aromatic rings. The van der Waals surface area contributed by atoms with Crippen molar-refractivity contribution in [3.8, 4) is 5.75 Å². The zero-order valence-corrected chi connectivity index (χ0v) is 10.7. The van der Waals surface area contributed by atoms with E-state index in [9.17, 15) is 9.90 Å². The third-order valence-electron chi connectivity index (χ3n) is 2.21. The zero-order chi connectivity index (χ0) is 13.4. The molecular weight excluding hydrogens is 254 g/mol. The summed E-state index contributed by atoms with van der Waals surface area (Å²) in [6.07, 6.45) is 2.57. The summed E-state index contributed by atoms with van der Waals surface area (Å²) in [6.45, 7) is 5.06. The largest absolute Gasteiger partial charge is 0.506 e. The molecule has 0 spiro atoms. The number of phenols is 1. The van der Waals surface area contributed by atoms with Crippen molar-refractivity contribution in [1.82, 2.24) is 5.32 Å². The van der Waals surface area contributed by atoms with Gasteiger partial charge in [-0.3, -0.25) is 4.79 Å². The third-order valence-corrected chi connectivity index (χ3v) is 2.51. The molecule has 0 aliphatic rings. The van der Waals surface area contributed by atoms with Crippen LogP contribution in [0.3, 0.4) is 0 Å². The van der Waals surface area contributed by atoms with Gasteiger partial charge < -0.3 is 15.2 Å². The van der Waals surface area contributed by atoms with E-state index < -0.39 is 0 Å². The average Bonchev–Trinajstić information content (AvgIpc) is 2.36. The zero-order valence-electron chi connectivity index (χ0n) is 9.99. The molecule has 98 valence electrons. The van der Waals surface area contributed by atoms with Crippen molar-refractivity contribution < 1.29 is 14.6 Å². The maximum Gasteiger partial charge on any atom is 0.251 e. The Bertz CT molecular complexity index is 421. The fraction of sp³-hybridized carbons (Fsp3) is 0.308. The normalized spacial score (nSPS) is 10.1. The number of carbonyl (C=O) groups is 1. The van der Waals surface area contributed by atoms with E-state index in [0.29, 0.717) is 25.3 Å². The lowest BCUT2D eigenvalue weighted by atomic mass is 10.2. The minimum absolute atomic E-state index is 0.0408. The SMILES string of the molecule is C=CCCOCCNC(=O)c1ccc(O)c(Cl)c1. The van der Waals surface area contributed by atoms with Crippen LogP contribution >= 0.6 is 11.6 Å². The van der Waals surface area contributed by atoms with Crippen molar-refractivity contribution >= 4 is 17.5 Å². The van der Waals surface area contributed by atoms with Crippen molar-refractivity contribution in [2.24, 2.45) is 0 Å². The number of carbonyl (C=O) groups excluding carboxylic acids is 1. The maximum absolute atomic E-state index is 11.7. The first-order valence-corrected chi connectivity index (χ1v) is 5.98. The number of ether oxygens (including phenoxy) is 1. The van der Waals surface area contributed by atoms with Gasteiger partial charge in [-0.2, -0.15) is 0 Å². The van der Waals surface area contributed by atoms with Crippen molar-refractivity contribution in [3.05, 3.63) is 41.4 Å². The fourth-order valence-corrected chi connectivity index (χ4v) is 1.44. The van der Waals surface area contributed by atoms with Gasteiger partial charge in [0.1, 0.15) is 5.75 Å². The Hall–Kier alpha value is -1.52. The summed E-state index contributed by atoms with van der Waals surface area (Å²) in [4.78, 5) is 11.7. The lowest BCUT2D eigenvalue weighted by molar-refractivity contribution is 0.0918. The molecule has 4 nitrogen and oxygen atoms in total. The fourth-order valence-electron chi connectivity index (χ4n) is 1.26. The van der Waals surface area contributed by atoms with Crippen molar-refractivity contribution in [3.63, 3.8) is 0 Å². The van der Waals surface area contributed by atoms with Gasteiger partial charge in [0.15, 0.2) is 0 Å². The highest BCUT2D eigenvalue weighted by atomic mass is 35.5. The quantitative estimate of drug-likeness (QED) is 0.590. The van der Waals surface area contributed by atoms with Gasteiger partial charge in [-0.15, -0.1) is 6.58 Å². The smallest absolute Gasteiger partial charge is 0.251 e. The Morgan fingerprint density at radius 1 is 1.50 bits per heavy atom. The van der Waals surface area contributed by atoms with Crippen LogP contribution in [-0.2, 0) is 4.74 Å². The van der Waals surface area contributed by atoms with E-state index in [2.05, 4.69) is 11.9 Å². The summed E-state index contributed by atoms with van der Waals surface area (Å²) in [7, 11) is 0. The van der Waals surface area contributed by atoms with Gasteiger partial charge in [0.05, 0.1) is 18.2 Å². The molecule has 0 saturated carbocycles. The Morgan fingerprint density at radius 2 is 2.28 bits per heavy atom. The van der Waals surface area contributed by atoms with E-state index >= 15 is 0 Å². The lowest BCUT2D eigenvalue weighted by Crippen LogP contribution is -2.27. The summed E-state index contributed by atoms with van der Waals surface area (Å²) in [5, 5.41) is 12.1. The Labute approximate surface area is 111 Å². The van der Waals surface area contributed by atoms with E-state index in [1.807, 2.05) is 0 Å². The number of aromatic hydroxyl groups is 1. The maximum atomic E-state index is 11.7. The van der Waals surface area contributed by atoms with Gasteiger partial charge in [0, 0.05) is 12.1 Å². The highest BCUT2D eigenvalue weighted by Gasteiger charge is 2.07. The number of nitrogens with one attached hydrogen (secondary N) is 1. The Balaban J connectivity index is 2.32. The summed E-state index contributed by atoms with van der Waals surface area (Å²) in [5.74, 6) is -0.287. The molecule has 0 saturated heterocycles. The molecule has 0 aliphatic heterocycles. The first kappa shape index (κ1) is 14.5. The molecule has 0 heterocycles. The van der Waals surface area contributed by atoms with Gasteiger partial charge >= 0.3 is 0 Å². The summed E-state index contributed by atoms with van der Waals surface area (Å²) >= 11 is 5.71. The van der Waals surface area contributed by atoms with Crippen LogP contribution in [0.1, 0.15) is 16.8 Å². The first-order valence-electron chi connectivity index (χ1n) is 5.60. The van der Waals surface area contributed by atoms with Gasteiger partial charge in [-0.1, -0.05) is 17.7 Å².